The summed E-state index contributed by atoms with van der Waals surface area (Å²) in [5, 5.41) is 4.80. The molecule has 1 atom stereocenters. The van der Waals surface area contributed by atoms with Crippen LogP contribution >= 0.6 is 11.6 Å². The number of aryl methyl sites for hydroxylation is 1. The first kappa shape index (κ1) is 16.0. The van der Waals surface area contributed by atoms with E-state index in [-0.39, 0.29) is 12.0 Å². The van der Waals surface area contributed by atoms with Crippen LogP contribution in [0.2, 0.25) is 5.15 Å². The second-order valence-electron chi connectivity index (χ2n) is 5.65. The molecular formula is C17H20ClN3O2. The monoisotopic (exact) mass is 333 g/mol. The molecule has 0 aliphatic carbocycles. The highest BCUT2D eigenvalue weighted by Gasteiger charge is 2.29. The lowest BCUT2D eigenvalue weighted by Crippen LogP contribution is -2.45. The summed E-state index contributed by atoms with van der Waals surface area (Å²) in [6, 6.07) is 9.58. The second-order valence-corrected chi connectivity index (χ2v) is 6.01. The van der Waals surface area contributed by atoms with Crippen molar-refractivity contribution in [2.75, 3.05) is 19.7 Å². The number of para-hydroxylation sites is 1. The molecule has 23 heavy (non-hydrogen) atoms. The highest BCUT2D eigenvalue weighted by molar-refractivity contribution is 6.33. The Bertz CT molecular complexity index is 699. The zero-order valence-corrected chi connectivity index (χ0v) is 14.1. The largest absolute Gasteiger partial charge is 0.375 e. The van der Waals surface area contributed by atoms with Gasteiger partial charge in [-0.2, -0.15) is 5.10 Å². The highest BCUT2D eigenvalue weighted by Crippen LogP contribution is 2.25. The second kappa shape index (κ2) is 6.72. The summed E-state index contributed by atoms with van der Waals surface area (Å²) in [7, 11) is 0. The maximum Gasteiger partial charge on any atom is 0.259 e. The minimum atomic E-state index is -0.0727. The van der Waals surface area contributed by atoms with Gasteiger partial charge < -0.3 is 9.64 Å². The number of rotatable bonds is 3. The van der Waals surface area contributed by atoms with Gasteiger partial charge in [-0.3, -0.25) is 4.79 Å². The quantitative estimate of drug-likeness (QED) is 0.867. The van der Waals surface area contributed by atoms with Crippen LogP contribution in [0.4, 0.5) is 0 Å². The van der Waals surface area contributed by atoms with Crippen LogP contribution in [0.25, 0.3) is 5.69 Å². The van der Waals surface area contributed by atoms with Crippen molar-refractivity contribution in [2.45, 2.75) is 26.4 Å². The Morgan fingerprint density at radius 1 is 1.39 bits per heavy atom. The fraction of sp³-hybridized carbons (Fsp3) is 0.412. The highest BCUT2D eigenvalue weighted by atomic mass is 35.5. The zero-order chi connectivity index (χ0) is 16.4. The van der Waals surface area contributed by atoms with Crippen LogP contribution in [-0.2, 0) is 4.74 Å². The van der Waals surface area contributed by atoms with Crippen LogP contribution in [0, 0.1) is 6.92 Å². The van der Waals surface area contributed by atoms with Gasteiger partial charge in [0.05, 0.1) is 29.7 Å². The third-order valence-corrected chi connectivity index (χ3v) is 4.45. The number of benzene rings is 1. The summed E-state index contributed by atoms with van der Waals surface area (Å²) < 4.78 is 7.24. The average Bonchev–Trinajstić information content (AvgIpc) is 2.89. The number of hydrogen-bond donors (Lipinski definition) is 0. The van der Waals surface area contributed by atoms with E-state index in [0.717, 1.165) is 12.1 Å². The minimum Gasteiger partial charge on any atom is -0.375 e. The van der Waals surface area contributed by atoms with Crippen molar-refractivity contribution in [3.05, 3.63) is 46.7 Å². The smallest absolute Gasteiger partial charge is 0.259 e. The van der Waals surface area contributed by atoms with Crippen LogP contribution in [0.5, 0.6) is 0 Å². The molecule has 1 aromatic heterocycles. The molecule has 0 spiro atoms. The number of halogens is 1. The molecule has 1 saturated heterocycles. The zero-order valence-electron chi connectivity index (χ0n) is 13.3. The van der Waals surface area contributed by atoms with Crippen LogP contribution in [0.15, 0.2) is 30.3 Å². The van der Waals surface area contributed by atoms with Crippen LogP contribution in [-0.4, -0.2) is 46.4 Å². The van der Waals surface area contributed by atoms with E-state index in [1.165, 1.54) is 0 Å². The Morgan fingerprint density at radius 3 is 2.83 bits per heavy atom. The van der Waals surface area contributed by atoms with Gasteiger partial charge in [0, 0.05) is 13.1 Å². The van der Waals surface area contributed by atoms with E-state index in [9.17, 15) is 4.79 Å². The summed E-state index contributed by atoms with van der Waals surface area (Å²) in [5.41, 5.74) is 1.96. The van der Waals surface area contributed by atoms with E-state index in [2.05, 4.69) is 12.0 Å². The predicted octanol–water partition coefficient (Wildman–Crippen LogP) is 3.09. The summed E-state index contributed by atoms with van der Waals surface area (Å²) in [4.78, 5) is 14.7. The minimum absolute atomic E-state index is 0.0727. The van der Waals surface area contributed by atoms with Crippen molar-refractivity contribution < 1.29 is 9.53 Å². The molecule has 1 fully saturated rings. The molecule has 1 aliphatic rings. The van der Waals surface area contributed by atoms with Crippen LogP contribution in [0.1, 0.15) is 29.4 Å². The predicted molar refractivity (Wildman–Crippen MR) is 89.2 cm³/mol. The number of carbonyl (C=O) groups is 1. The number of amides is 1. The van der Waals surface area contributed by atoms with E-state index < -0.39 is 0 Å². The summed E-state index contributed by atoms with van der Waals surface area (Å²) in [5.74, 6) is -0.0727. The van der Waals surface area contributed by atoms with Gasteiger partial charge in [0.1, 0.15) is 5.15 Å². The molecule has 5 nitrogen and oxygen atoms in total. The Kier molecular flexibility index (Phi) is 4.68. The molecule has 0 radical (unpaired) electrons. The molecular weight excluding hydrogens is 314 g/mol. The number of morpholine rings is 1. The molecule has 2 heterocycles. The van der Waals surface area contributed by atoms with Crippen molar-refractivity contribution in [1.29, 1.82) is 0 Å². The summed E-state index contributed by atoms with van der Waals surface area (Å²) in [6.07, 6.45) is 0.982. The Labute approximate surface area is 140 Å². The molecule has 0 saturated carbocycles. The van der Waals surface area contributed by atoms with Gasteiger partial charge in [-0.25, -0.2) is 4.68 Å². The molecule has 1 amide bonds. The van der Waals surface area contributed by atoms with Crippen LogP contribution < -0.4 is 0 Å². The van der Waals surface area contributed by atoms with Gasteiger partial charge in [-0.15, -0.1) is 0 Å². The fourth-order valence-corrected chi connectivity index (χ4v) is 3.14. The molecule has 1 aliphatic heterocycles. The van der Waals surface area contributed by atoms with E-state index >= 15 is 0 Å². The normalized spacial score (nSPS) is 18.2. The Balaban J connectivity index is 1.91. The molecule has 0 bridgehead atoms. The van der Waals surface area contributed by atoms with Gasteiger partial charge in [0.2, 0.25) is 0 Å². The Morgan fingerprint density at radius 2 is 2.13 bits per heavy atom. The van der Waals surface area contributed by atoms with Crippen molar-refractivity contribution in [3.63, 3.8) is 0 Å². The first-order valence-electron chi connectivity index (χ1n) is 7.83. The first-order chi connectivity index (χ1) is 11.1. The molecule has 3 rings (SSSR count). The number of nitrogens with zero attached hydrogens (tertiary/aromatic N) is 3. The number of ether oxygens (including phenoxy) is 1. The lowest BCUT2D eigenvalue weighted by molar-refractivity contribution is -0.0226. The van der Waals surface area contributed by atoms with Crippen molar-refractivity contribution >= 4 is 17.5 Å². The molecule has 0 N–H and O–H groups in total. The van der Waals surface area contributed by atoms with Gasteiger partial charge in [-0.1, -0.05) is 36.7 Å². The maximum atomic E-state index is 12.9. The molecule has 122 valence electrons. The van der Waals surface area contributed by atoms with Gasteiger partial charge >= 0.3 is 0 Å². The van der Waals surface area contributed by atoms with Crippen molar-refractivity contribution in [1.82, 2.24) is 14.7 Å². The first-order valence-corrected chi connectivity index (χ1v) is 8.21. The Hall–Kier alpha value is -1.85. The molecule has 2 aromatic rings. The lowest BCUT2D eigenvalue weighted by atomic mass is 10.1. The summed E-state index contributed by atoms with van der Waals surface area (Å²) >= 11 is 6.47. The third-order valence-electron chi connectivity index (χ3n) is 4.10. The topological polar surface area (TPSA) is 47.4 Å². The van der Waals surface area contributed by atoms with E-state index in [1.54, 1.807) is 4.68 Å². The molecule has 0 unspecified atom stereocenters. The van der Waals surface area contributed by atoms with Crippen LogP contribution in [0.3, 0.4) is 0 Å². The van der Waals surface area contributed by atoms with Gasteiger partial charge in [0.25, 0.3) is 5.91 Å². The maximum absolute atomic E-state index is 12.9. The molecule has 1 aromatic carbocycles. The average molecular weight is 334 g/mol. The van der Waals surface area contributed by atoms with Crippen molar-refractivity contribution in [3.8, 4) is 5.69 Å². The standard InChI is InChI=1S/C17H20ClN3O2/c1-3-14-11-20(9-10-23-14)17(22)15-12(2)19-21(16(15)18)13-7-5-4-6-8-13/h4-8,14H,3,9-11H2,1-2H3/t14-/m1/s1. The third kappa shape index (κ3) is 3.12. The van der Waals surface area contributed by atoms with E-state index in [1.807, 2.05) is 42.2 Å². The van der Waals surface area contributed by atoms with Gasteiger partial charge in [-0.05, 0) is 25.5 Å². The fourth-order valence-electron chi connectivity index (χ4n) is 2.79. The number of aromatic nitrogens is 2. The number of hydrogen-bond acceptors (Lipinski definition) is 3. The van der Waals surface area contributed by atoms with Gasteiger partial charge in [0.15, 0.2) is 0 Å². The SMILES string of the molecule is CC[C@@H]1CN(C(=O)c2c(C)nn(-c3ccccc3)c2Cl)CCO1. The van der Waals surface area contributed by atoms with Crippen molar-refractivity contribution in [2.24, 2.45) is 0 Å². The lowest BCUT2D eigenvalue weighted by Gasteiger charge is -2.32. The van der Waals surface area contributed by atoms with E-state index in [0.29, 0.717) is 36.1 Å². The number of carbonyl (C=O) groups excluding carboxylic acids is 1. The summed E-state index contributed by atoms with van der Waals surface area (Å²) in [6.45, 7) is 5.62. The van der Waals surface area contributed by atoms with E-state index in [4.69, 9.17) is 16.3 Å². The molecule has 6 heteroatoms.